The molecule has 0 saturated carbocycles. The molecule has 3 N–H and O–H groups in total. The Morgan fingerprint density at radius 2 is 1.78 bits per heavy atom. The highest BCUT2D eigenvalue weighted by atomic mass is 16.5. The molecule has 0 aromatic heterocycles. The van der Waals surface area contributed by atoms with Crippen molar-refractivity contribution in [1.82, 2.24) is 0 Å². The van der Waals surface area contributed by atoms with Gasteiger partial charge in [0.25, 0.3) is 5.91 Å². The molecule has 0 bridgehead atoms. The third kappa shape index (κ3) is 3.93. The molecule has 142 valence electrons. The maximum absolute atomic E-state index is 12.5. The SMILES string of the molecule is Nc1ccccc1NC(=O)c1ccc(N2CCC[C@H]2C2CCOCC2)cc1. The first-order chi connectivity index (χ1) is 13.2. The van der Waals surface area contributed by atoms with Gasteiger partial charge in [0.05, 0.1) is 11.4 Å². The summed E-state index contributed by atoms with van der Waals surface area (Å²) >= 11 is 0. The van der Waals surface area contributed by atoms with Crippen LogP contribution in [0.4, 0.5) is 17.1 Å². The number of nitrogens with one attached hydrogen (secondary N) is 1. The minimum absolute atomic E-state index is 0.137. The molecule has 0 radical (unpaired) electrons. The molecule has 5 nitrogen and oxygen atoms in total. The number of rotatable bonds is 4. The molecule has 1 atom stereocenters. The van der Waals surface area contributed by atoms with E-state index in [-0.39, 0.29) is 5.91 Å². The Kier molecular flexibility index (Phi) is 5.30. The van der Waals surface area contributed by atoms with Gasteiger partial charge < -0.3 is 20.7 Å². The van der Waals surface area contributed by atoms with Gasteiger partial charge in [-0.15, -0.1) is 0 Å². The van der Waals surface area contributed by atoms with Gasteiger partial charge in [-0.2, -0.15) is 0 Å². The largest absolute Gasteiger partial charge is 0.397 e. The van der Waals surface area contributed by atoms with E-state index in [1.807, 2.05) is 30.3 Å². The number of para-hydroxylation sites is 2. The minimum atomic E-state index is -0.137. The summed E-state index contributed by atoms with van der Waals surface area (Å²) in [5.41, 5.74) is 8.97. The molecule has 2 aromatic rings. The van der Waals surface area contributed by atoms with Crippen LogP contribution in [0, 0.1) is 5.92 Å². The Morgan fingerprint density at radius 1 is 1.04 bits per heavy atom. The second kappa shape index (κ2) is 8.01. The third-order valence-electron chi connectivity index (χ3n) is 5.78. The van der Waals surface area contributed by atoms with Crippen LogP contribution in [0.25, 0.3) is 0 Å². The van der Waals surface area contributed by atoms with Crippen molar-refractivity contribution in [1.29, 1.82) is 0 Å². The van der Waals surface area contributed by atoms with E-state index in [1.165, 1.54) is 18.5 Å². The normalized spacial score (nSPS) is 20.6. The van der Waals surface area contributed by atoms with Crippen LogP contribution in [0.15, 0.2) is 48.5 Å². The second-order valence-electron chi connectivity index (χ2n) is 7.44. The molecule has 2 saturated heterocycles. The van der Waals surface area contributed by atoms with E-state index in [0.717, 1.165) is 32.6 Å². The number of amides is 1. The summed E-state index contributed by atoms with van der Waals surface area (Å²) in [6.07, 6.45) is 4.79. The Balaban J connectivity index is 1.45. The first kappa shape index (κ1) is 17.9. The highest BCUT2D eigenvalue weighted by Gasteiger charge is 2.32. The molecule has 27 heavy (non-hydrogen) atoms. The minimum Gasteiger partial charge on any atom is -0.397 e. The van der Waals surface area contributed by atoms with Crippen molar-refractivity contribution in [2.75, 3.05) is 35.7 Å². The Labute approximate surface area is 160 Å². The third-order valence-corrected chi connectivity index (χ3v) is 5.78. The van der Waals surface area contributed by atoms with Gasteiger partial charge in [0, 0.05) is 37.1 Å². The van der Waals surface area contributed by atoms with Crippen molar-refractivity contribution < 1.29 is 9.53 Å². The predicted octanol–water partition coefficient (Wildman–Crippen LogP) is 3.92. The Hall–Kier alpha value is -2.53. The number of ether oxygens (including phenoxy) is 1. The molecular formula is C22H27N3O2. The van der Waals surface area contributed by atoms with Crippen LogP contribution >= 0.6 is 0 Å². The molecule has 2 aromatic carbocycles. The molecule has 5 heteroatoms. The first-order valence-electron chi connectivity index (χ1n) is 9.82. The smallest absolute Gasteiger partial charge is 0.255 e. The average molecular weight is 365 g/mol. The van der Waals surface area contributed by atoms with Gasteiger partial charge >= 0.3 is 0 Å². The van der Waals surface area contributed by atoms with Crippen LogP contribution in [-0.4, -0.2) is 31.7 Å². The fourth-order valence-electron chi connectivity index (χ4n) is 4.31. The Morgan fingerprint density at radius 3 is 2.52 bits per heavy atom. The van der Waals surface area contributed by atoms with E-state index >= 15 is 0 Å². The zero-order valence-corrected chi connectivity index (χ0v) is 15.6. The van der Waals surface area contributed by atoms with Gasteiger partial charge in [-0.3, -0.25) is 4.79 Å². The van der Waals surface area contributed by atoms with Gasteiger partial charge in [0.1, 0.15) is 0 Å². The summed E-state index contributed by atoms with van der Waals surface area (Å²) in [6.45, 7) is 2.86. The van der Waals surface area contributed by atoms with E-state index in [1.54, 1.807) is 6.07 Å². The summed E-state index contributed by atoms with van der Waals surface area (Å²) in [5, 5.41) is 2.88. The molecule has 0 unspecified atom stereocenters. The van der Waals surface area contributed by atoms with E-state index < -0.39 is 0 Å². The summed E-state index contributed by atoms with van der Waals surface area (Å²) in [6, 6.07) is 15.8. The van der Waals surface area contributed by atoms with E-state index in [9.17, 15) is 4.79 Å². The lowest BCUT2D eigenvalue weighted by Gasteiger charge is -2.35. The van der Waals surface area contributed by atoms with Crippen molar-refractivity contribution in [3.05, 3.63) is 54.1 Å². The molecule has 0 aliphatic carbocycles. The van der Waals surface area contributed by atoms with Crippen molar-refractivity contribution in [2.45, 2.75) is 31.7 Å². The molecule has 2 aliphatic rings. The molecule has 2 aliphatic heterocycles. The summed E-state index contributed by atoms with van der Waals surface area (Å²) in [4.78, 5) is 15.0. The lowest BCUT2D eigenvalue weighted by atomic mass is 9.90. The van der Waals surface area contributed by atoms with Crippen molar-refractivity contribution in [3.8, 4) is 0 Å². The topological polar surface area (TPSA) is 67.6 Å². The van der Waals surface area contributed by atoms with Crippen molar-refractivity contribution in [3.63, 3.8) is 0 Å². The molecule has 4 rings (SSSR count). The standard InChI is InChI=1S/C22H27N3O2/c23-19-4-1-2-5-20(19)24-22(26)17-7-9-18(10-8-17)25-13-3-6-21(25)16-11-14-27-15-12-16/h1-2,4-5,7-10,16,21H,3,6,11-15,23H2,(H,24,26)/t21-/m0/s1. The number of anilines is 3. The van der Waals surface area contributed by atoms with Crippen LogP contribution in [0.5, 0.6) is 0 Å². The molecule has 2 fully saturated rings. The summed E-state index contributed by atoms with van der Waals surface area (Å²) < 4.78 is 5.53. The lowest BCUT2D eigenvalue weighted by molar-refractivity contribution is 0.0589. The second-order valence-corrected chi connectivity index (χ2v) is 7.44. The van der Waals surface area contributed by atoms with Gasteiger partial charge in [-0.1, -0.05) is 12.1 Å². The van der Waals surface area contributed by atoms with Crippen LogP contribution in [0.2, 0.25) is 0 Å². The number of benzene rings is 2. The lowest BCUT2D eigenvalue weighted by Crippen LogP contribution is -2.38. The fourth-order valence-corrected chi connectivity index (χ4v) is 4.31. The molecule has 2 heterocycles. The van der Waals surface area contributed by atoms with E-state index in [4.69, 9.17) is 10.5 Å². The van der Waals surface area contributed by atoms with Crippen LogP contribution < -0.4 is 16.0 Å². The molecule has 1 amide bonds. The number of nitrogens with zero attached hydrogens (tertiary/aromatic N) is 1. The highest BCUT2D eigenvalue weighted by molar-refractivity contribution is 6.05. The maximum atomic E-state index is 12.5. The zero-order chi connectivity index (χ0) is 18.6. The monoisotopic (exact) mass is 365 g/mol. The summed E-state index contributed by atoms with van der Waals surface area (Å²) in [7, 11) is 0. The van der Waals surface area contributed by atoms with Crippen LogP contribution in [-0.2, 0) is 4.74 Å². The fraction of sp³-hybridized carbons (Fsp3) is 0.409. The number of hydrogen-bond donors (Lipinski definition) is 2. The maximum Gasteiger partial charge on any atom is 0.255 e. The van der Waals surface area contributed by atoms with Gasteiger partial charge in [0.2, 0.25) is 0 Å². The van der Waals surface area contributed by atoms with Gasteiger partial charge in [-0.25, -0.2) is 0 Å². The van der Waals surface area contributed by atoms with Gasteiger partial charge in [-0.05, 0) is 68.0 Å². The average Bonchev–Trinajstić information content (AvgIpc) is 3.20. The van der Waals surface area contributed by atoms with Gasteiger partial charge in [0.15, 0.2) is 0 Å². The van der Waals surface area contributed by atoms with E-state index in [2.05, 4.69) is 22.3 Å². The number of carbonyl (C=O) groups excluding carboxylic acids is 1. The molecular weight excluding hydrogens is 338 g/mol. The summed E-state index contributed by atoms with van der Waals surface area (Å²) in [5.74, 6) is 0.576. The predicted molar refractivity (Wildman–Crippen MR) is 109 cm³/mol. The highest BCUT2D eigenvalue weighted by Crippen LogP contribution is 2.34. The molecule has 0 spiro atoms. The zero-order valence-electron chi connectivity index (χ0n) is 15.6. The first-order valence-corrected chi connectivity index (χ1v) is 9.82. The van der Waals surface area contributed by atoms with Crippen molar-refractivity contribution in [2.24, 2.45) is 5.92 Å². The van der Waals surface area contributed by atoms with Crippen LogP contribution in [0.1, 0.15) is 36.0 Å². The number of hydrogen-bond acceptors (Lipinski definition) is 4. The number of nitrogen functional groups attached to an aromatic ring is 1. The number of carbonyl (C=O) groups is 1. The quantitative estimate of drug-likeness (QED) is 0.806. The Bertz CT molecular complexity index is 784. The number of nitrogens with two attached hydrogens (primary N) is 1. The van der Waals surface area contributed by atoms with Crippen molar-refractivity contribution >= 4 is 23.0 Å². The van der Waals surface area contributed by atoms with Crippen LogP contribution in [0.3, 0.4) is 0 Å². The van der Waals surface area contributed by atoms with E-state index in [0.29, 0.717) is 28.9 Å².